The molecular formula is C21H24N2O2. The van der Waals surface area contributed by atoms with E-state index in [1.807, 2.05) is 67.3 Å². The molecule has 3 rings (SSSR count). The molecule has 25 heavy (non-hydrogen) atoms. The van der Waals surface area contributed by atoms with Crippen molar-refractivity contribution in [2.75, 3.05) is 18.4 Å². The van der Waals surface area contributed by atoms with Gasteiger partial charge in [0.25, 0.3) is 5.91 Å². The summed E-state index contributed by atoms with van der Waals surface area (Å²) in [5.74, 6) is 0.0659. The summed E-state index contributed by atoms with van der Waals surface area (Å²) >= 11 is 0. The fraction of sp³-hybridized carbons (Fsp3) is 0.333. The van der Waals surface area contributed by atoms with Crippen LogP contribution in [0.3, 0.4) is 0 Å². The van der Waals surface area contributed by atoms with Crippen molar-refractivity contribution in [3.8, 4) is 0 Å². The summed E-state index contributed by atoms with van der Waals surface area (Å²) in [7, 11) is 0. The minimum Gasteiger partial charge on any atom is -0.339 e. The highest BCUT2D eigenvalue weighted by molar-refractivity contribution is 5.95. The molecule has 4 heteroatoms. The number of carbonyl (C=O) groups is 2. The summed E-state index contributed by atoms with van der Waals surface area (Å²) in [6.45, 7) is 5.24. The minimum atomic E-state index is -0.0401. The SMILES string of the molecule is Cc1ccc(C(=O)N2CCC(C(=O)Nc3ccccc3C)CC2)cc1. The van der Waals surface area contributed by atoms with E-state index in [2.05, 4.69) is 5.32 Å². The molecule has 1 saturated heterocycles. The van der Waals surface area contributed by atoms with Gasteiger partial charge in [-0.3, -0.25) is 9.59 Å². The Kier molecular flexibility index (Phi) is 5.17. The summed E-state index contributed by atoms with van der Waals surface area (Å²) in [4.78, 5) is 26.9. The quantitative estimate of drug-likeness (QED) is 0.927. The Morgan fingerprint density at radius 2 is 1.60 bits per heavy atom. The van der Waals surface area contributed by atoms with Gasteiger partial charge in [0.1, 0.15) is 0 Å². The maximum Gasteiger partial charge on any atom is 0.253 e. The van der Waals surface area contributed by atoms with Gasteiger partial charge in [-0.15, -0.1) is 0 Å². The molecule has 2 amide bonds. The number of piperidine rings is 1. The van der Waals surface area contributed by atoms with Gasteiger partial charge in [0.05, 0.1) is 0 Å². The molecule has 0 unspecified atom stereocenters. The van der Waals surface area contributed by atoms with Crippen molar-refractivity contribution in [3.05, 3.63) is 65.2 Å². The minimum absolute atomic E-state index is 0.0401. The molecule has 0 bridgehead atoms. The largest absolute Gasteiger partial charge is 0.339 e. The van der Waals surface area contributed by atoms with Crippen LogP contribution in [0.25, 0.3) is 0 Å². The van der Waals surface area contributed by atoms with Crippen molar-refractivity contribution in [2.45, 2.75) is 26.7 Å². The van der Waals surface area contributed by atoms with E-state index in [0.717, 1.165) is 16.8 Å². The molecule has 0 saturated carbocycles. The first-order valence-electron chi connectivity index (χ1n) is 8.77. The smallest absolute Gasteiger partial charge is 0.253 e. The number of amides is 2. The van der Waals surface area contributed by atoms with Gasteiger partial charge in [-0.2, -0.15) is 0 Å². The number of benzene rings is 2. The van der Waals surface area contributed by atoms with Crippen LogP contribution in [0.15, 0.2) is 48.5 Å². The van der Waals surface area contributed by atoms with E-state index in [9.17, 15) is 9.59 Å². The molecule has 0 aromatic heterocycles. The Morgan fingerprint density at radius 1 is 0.960 bits per heavy atom. The highest BCUT2D eigenvalue weighted by Gasteiger charge is 2.28. The van der Waals surface area contributed by atoms with Gasteiger partial charge in [0, 0.05) is 30.3 Å². The number of para-hydroxylation sites is 1. The van der Waals surface area contributed by atoms with Gasteiger partial charge in [-0.05, 0) is 50.5 Å². The molecule has 0 spiro atoms. The van der Waals surface area contributed by atoms with Crippen LogP contribution >= 0.6 is 0 Å². The second-order valence-electron chi connectivity index (χ2n) is 6.74. The molecular weight excluding hydrogens is 312 g/mol. The van der Waals surface area contributed by atoms with Crippen molar-refractivity contribution in [1.29, 1.82) is 0 Å². The molecule has 1 N–H and O–H groups in total. The number of anilines is 1. The van der Waals surface area contributed by atoms with Crippen LogP contribution in [0.5, 0.6) is 0 Å². The predicted molar refractivity (Wildman–Crippen MR) is 99.6 cm³/mol. The van der Waals surface area contributed by atoms with Crippen LogP contribution in [0.2, 0.25) is 0 Å². The number of nitrogens with zero attached hydrogens (tertiary/aromatic N) is 1. The van der Waals surface area contributed by atoms with E-state index < -0.39 is 0 Å². The van der Waals surface area contributed by atoms with Crippen LogP contribution in [-0.2, 0) is 4.79 Å². The van der Waals surface area contributed by atoms with Gasteiger partial charge in [0.2, 0.25) is 5.91 Å². The van der Waals surface area contributed by atoms with Crippen molar-refractivity contribution in [1.82, 2.24) is 4.90 Å². The van der Waals surface area contributed by atoms with E-state index in [-0.39, 0.29) is 17.7 Å². The molecule has 0 radical (unpaired) electrons. The third-order valence-electron chi connectivity index (χ3n) is 4.85. The summed E-state index contributed by atoms with van der Waals surface area (Å²) in [6.07, 6.45) is 1.41. The number of aryl methyl sites for hydroxylation is 2. The van der Waals surface area contributed by atoms with Gasteiger partial charge < -0.3 is 10.2 Å². The van der Waals surface area contributed by atoms with Crippen LogP contribution in [0.1, 0.15) is 34.3 Å². The maximum absolute atomic E-state index is 12.5. The van der Waals surface area contributed by atoms with E-state index >= 15 is 0 Å². The number of likely N-dealkylation sites (tertiary alicyclic amines) is 1. The van der Waals surface area contributed by atoms with E-state index in [1.165, 1.54) is 0 Å². The zero-order valence-corrected chi connectivity index (χ0v) is 14.8. The standard InChI is InChI=1S/C21H24N2O2/c1-15-7-9-18(10-8-15)21(25)23-13-11-17(12-14-23)20(24)22-19-6-4-3-5-16(19)2/h3-10,17H,11-14H2,1-2H3,(H,22,24). The van der Waals surface area contributed by atoms with Crippen molar-refractivity contribution < 1.29 is 9.59 Å². The van der Waals surface area contributed by atoms with Gasteiger partial charge in [0.15, 0.2) is 0 Å². The fourth-order valence-corrected chi connectivity index (χ4v) is 3.17. The topological polar surface area (TPSA) is 49.4 Å². The highest BCUT2D eigenvalue weighted by Crippen LogP contribution is 2.22. The lowest BCUT2D eigenvalue weighted by molar-refractivity contribution is -0.121. The Hall–Kier alpha value is -2.62. The number of rotatable bonds is 3. The van der Waals surface area contributed by atoms with Crippen molar-refractivity contribution in [2.24, 2.45) is 5.92 Å². The molecule has 2 aromatic rings. The van der Waals surface area contributed by atoms with E-state index in [4.69, 9.17) is 0 Å². The summed E-state index contributed by atoms with van der Waals surface area (Å²) in [5.41, 5.74) is 3.78. The van der Waals surface area contributed by atoms with Crippen LogP contribution in [0.4, 0.5) is 5.69 Å². The Labute approximate surface area is 148 Å². The second-order valence-corrected chi connectivity index (χ2v) is 6.74. The lowest BCUT2D eigenvalue weighted by atomic mass is 9.95. The zero-order chi connectivity index (χ0) is 17.8. The van der Waals surface area contributed by atoms with Gasteiger partial charge >= 0.3 is 0 Å². The molecule has 1 fully saturated rings. The highest BCUT2D eigenvalue weighted by atomic mass is 16.2. The molecule has 0 atom stereocenters. The molecule has 4 nitrogen and oxygen atoms in total. The molecule has 1 aliphatic rings. The third-order valence-corrected chi connectivity index (χ3v) is 4.85. The zero-order valence-electron chi connectivity index (χ0n) is 14.8. The monoisotopic (exact) mass is 336 g/mol. The van der Waals surface area contributed by atoms with E-state index in [1.54, 1.807) is 0 Å². The summed E-state index contributed by atoms with van der Waals surface area (Å²) in [6, 6.07) is 15.4. The number of carbonyl (C=O) groups excluding carboxylic acids is 2. The summed E-state index contributed by atoms with van der Waals surface area (Å²) < 4.78 is 0. The number of nitrogens with one attached hydrogen (secondary N) is 1. The number of hydrogen-bond donors (Lipinski definition) is 1. The Morgan fingerprint density at radius 3 is 2.24 bits per heavy atom. The lowest BCUT2D eigenvalue weighted by Gasteiger charge is -2.31. The second kappa shape index (κ2) is 7.51. The number of hydrogen-bond acceptors (Lipinski definition) is 2. The van der Waals surface area contributed by atoms with Crippen LogP contribution < -0.4 is 5.32 Å². The molecule has 2 aromatic carbocycles. The first-order valence-corrected chi connectivity index (χ1v) is 8.77. The predicted octanol–water partition coefficient (Wildman–Crippen LogP) is 3.79. The van der Waals surface area contributed by atoms with Crippen molar-refractivity contribution >= 4 is 17.5 Å². The molecule has 1 aliphatic heterocycles. The van der Waals surface area contributed by atoms with Crippen molar-refractivity contribution in [3.63, 3.8) is 0 Å². The average molecular weight is 336 g/mol. The molecule has 130 valence electrons. The van der Waals surface area contributed by atoms with E-state index in [0.29, 0.717) is 31.5 Å². The molecule has 1 heterocycles. The molecule has 0 aliphatic carbocycles. The first-order chi connectivity index (χ1) is 12.0. The lowest BCUT2D eigenvalue weighted by Crippen LogP contribution is -2.41. The summed E-state index contributed by atoms with van der Waals surface area (Å²) in [5, 5.41) is 3.02. The fourth-order valence-electron chi connectivity index (χ4n) is 3.17. The Bertz CT molecular complexity index is 760. The normalized spacial score (nSPS) is 15.0. The average Bonchev–Trinajstić information content (AvgIpc) is 2.64. The third kappa shape index (κ3) is 4.08. The van der Waals surface area contributed by atoms with Gasteiger partial charge in [-0.25, -0.2) is 0 Å². The first kappa shape index (κ1) is 17.2. The van der Waals surface area contributed by atoms with Crippen LogP contribution in [-0.4, -0.2) is 29.8 Å². The Balaban J connectivity index is 1.56. The van der Waals surface area contributed by atoms with Gasteiger partial charge in [-0.1, -0.05) is 35.9 Å². The maximum atomic E-state index is 12.5. The van der Waals surface area contributed by atoms with Crippen LogP contribution in [0, 0.1) is 19.8 Å².